The number of para-hydroxylation sites is 1. The van der Waals surface area contributed by atoms with Gasteiger partial charge >= 0.3 is 6.03 Å². The Morgan fingerprint density at radius 1 is 1.22 bits per heavy atom. The molecule has 0 unspecified atom stereocenters. The van der Waals surface area contributed by atoms with Crippen molar-refractivity contribution < 1.29 is 18.3 Å². The average molecular weight is 316 g/mol. The number of hydrogen-bond donors (Lipinski definition) is 1. The van der Waals surface area contributed by atoms with Gasteiger partial charge in [-0.15, -0.1) is 0 Å². The van der Waals surface area contributed by atoms with Gasteiger partial charge in [-0.25, -0.2) is 13.6 Å². The standard InChI is InChI=1S/C17H14F2N2O2/c1-17-9-14(11-4-2-3-5-15(11)23-17)20-16(22)21(17)10-6-7-12(18)13(19)8-10/h2-8,14H,9H2,1H3,(H,20,22)/t14-,17+/m0/s1. The minimum absolute atomic E-state index is 0.168. The summed E-state index contributed by atoms with van der Waals surface area (Å²) in [4.78, 5) is 13.9. The molecule has 2 aliphatic heterocycles. The summed E-state index contributed by atoms with van der Waals surface area (Å²) in [6.07, 6.45) is 0.509. The van der Waals surface area contributed by atoms with Crippen molar-refractivity contribution in [2.24, 2.45) is 0 Å². The van der Waals surface area contributed by atoms with Crippen molar-refractivity contribution in [1.29, 1.82) is 0 Å². The number of halogens is 2. The first-order valence-corrected chi connectivity index (χ1v) is 7.32. The van der Waals surface area contributed by atoms with Crippen LogP contribution in [0, 0.1) is 11.6 Å². The summed E-state index contributed by atoms with van der Waals surface area (Å²) in [5.74, 6) is -1.28. The van der Waals surface area contributed by atoms with Crippen molar-refractivity contribution in [3.05, 3.63) is 59.7 Å². The smallest absolute Gasteiger partial charge is 0.325 e. The summed E-state index contributed by atoms with van der Waals surface area (Å²) >= 11 is 0. The third-order valence-corrected chi connectivity index (χ3v) is 4.34. The molecule has 0 aromatic heterocycles. The lowest BCUT2D eigenvalue weighted by Crippen LogP contribution is -2.65. The Kier molecular flexibility index (Phi) is 2.85. The van der Waals surface area contributed by atoms with Gasteiger partial charge in [0, 0.05) is 18.1 Å². The number of ether oxygens (including phenoxy) is 1. The SMILES string of the molecule is C[C@@]12C[C@H](NC(=O)N1c1ccc(F)c(F)c1)c1ccccc1O2. The molecule has 1 saturated heterocycles. The van der Waals surface area contributed by atoms with Gasteiger partial charge in [0.05, 0.1) is 11.7 Å². The Hall–Kier alpha value is -2.63. The van der Waals surface area contributed by atoms with Crippen LogP contribution in [-0.2, 0) is 0 Å². The van der Waals surface area contributed by atoms with E-state index in [-0.39, 0.29) is 11.7 Å². The van der Waals surface area contributed by atoms with Crippen LogP contribution in [-0.4, -0.2) is 11.8 Å². The van der Waals surface area contributed by atoms with E-state index in [0.29, 0.717) is 12.2 Å². The minimum atomic E-state index is -1.00. The zero-order chi connectivity index (χ0) is 16.2. The second-order valence-electron chi connectivity index (χ2n) is 5.95. The van der Waals surface area contributed by atoms with Crippen LogP contribution in [0.3, 0.4) is 0 Å². The molecule has 2 amide bonds. The number of urea groups is 1. The summed E-state index contributed by atoms with van der Waals surface area (Å²) in [5, 5.41) is 2.90. The molecule has 0 radical (unpaired) electrons. The molecule has 6 heteroatoms. The average Bonchev–Trinajstić information content (AvgIpc) is 2.50. The topological polar surface area (TPSA) is 41.6 Å². The number of nitrogens with zero attached hydrogens (tertiary/aromatic N) is 1. The number of fused-ring (bicyclic) bond motifs is 4. The van der Waals surface area contributed by atoms with E-state index in [4.69, 9.17) is 4.74 Å². The minimum Gasteiger partial charge on any atom is -0.467 e. The Morgan fingerprint density at radius 3 is 2.78 bits per heavy atom. The molecule has 0 spiro atoms. The fourth-order valence-corrected chi connectivity index (χ4v) is 3.34. The third kappa shape index (κ3) is 2.05. The summed E-state index contributed by atoms with van der Waals surface area (Å²) in [6.45, 7) is 1.77. The van der Waals surface area contributed by atoms with Gasteiger partial charge < -0.3 is 10.1 Å². The van der Waals surface area contributed by atoms with Crippen LogP contribution >= 0.6 is 0 Å². The monoisotopic (exact) mass is 316 g/mol. The lowest BCUT2D eigenvalue weighted by atomic mass is 9.90. The number of anilines is 1. The highest BCUT2D eigenvalue weighted by Gasteiger charge is 2.49. The zero-order valence-corrected chi connectivity index (χ0v) is 12.3. The quantitative estimate of drug-likeness (QED) is 0.871. The number of nitrogens with one attached hydrogen (secondary N) is 1. The van der Waals surface area contributed by atoms with Gasteiger partial charge in [0.25, 0.3) is 0 Å². The summed E-state index contributed by atoms with van der Waals surface area (Å²) in [7, 11) is 0. The van der Waals surface area contributed by atoms with E-state index in [9.17, 15) is 13.6 Å². The fourth-order valence-electron chi connectivity index (χ4n) is 3.34. The second-order valence-corrected chi connectivity index (χ2v) is 5.95. The number of carbonyl (C=O) groups is 1. The predicted octanol–water partition coefficient (Wildman–Crippen LogP) is 3.73. The van der Waals surface area contributed by atoms with Gasteiger partial charge in [-0.3, -0.25) is 4.90 Å². The van der Waals surface area contributed by atoms with Crippen LogP contribution in [0.4, 0.5) is 19.3 Å². The molecule has 0 saturated carbocycles. The van der Waals surface area contributed by atoms with E-state index in [1.165, 1.54) is 11.0 Å². The number of benzene rings is 2. The first kappa shape index (κ1) is 14.0. The van der Waals surface area contributed by atoms with Gasteiger partial charge in [0.15, 0.2) is 17.4 Å². The first-order valence-electron chi connectivity index (χ1n) is 7.32. The molecular formula is C17H14F2N2O2. The number of rotatable bonds is 1. The Labute approximate surface area is 131 Å². The molecule has 118 valence electrons. The fraction of sp³-hybridized carbons (Fsp3) is 0.235. The highest BCUT2D eigenvalue weighted by molar-refractivity contribution is 5.94. The molecule has 2 heterocycles. The molecule has 2 aliphatic rings. The molecule has 2 atom stereocenters. The van der Waals surface area contributed by atoms with Crippen LogP contribution in [0.1, 0.15) is 24.9 Å². The third-order valence-electron chi connectivity index (χ3n) is 4.34. The van der Waals surface area contributed by atoms with E-state index < -0.39 is 23.4 Å². The van der Waals surface area contributed by atoms with Crippen molar-refractivity contribution in [1.82, 2.24) is 5.32 Å². The van der Waals surface area contributed by atoms with Crippen molar-refractivity contribution >= 4 is 11.7 Å². The molecule has 23 heavy (non-hydrogen) atoms. The molecule has 2 aromatic rings. The number of carbonyl (C=O) groups excluding carboxylic acids is 1. The Balaban J connectivity index is 1.81. The molecule has 2 aromatic carbocycles. The van der Waals surface area contributed by atoms with Crippen LogP contribution < -0.4 is 15.0 Å². The highest BCUT2D eigenvalue weighted by Crippen LogP contribution is 2.45. The van der Waals surface area contributed by atoms with Crippen LogP contribution in [0.25, 0.3) is 0 Å². The molecule has 2 bridgehead atoms. The summed E-state index contributed by atoms with van der Waals surface area (Å²) in [6, 6.07) is 10.3. The van der Waals surface area contributed by atoms with E-state index in [2.05, 4.69) is 5.32 Å². The van der Waals surface area contributed by atoms with Crippen molar-refractivity contribution in [3.8, 4) is 5.75 Å². The van der Waals surface area contributed by atoms with Gasteiger partial charge in [-0.05, 0) is 25.1 Å². The largest absolute Gasteiger partial charge is 0.467 e. The summed E-state index contributed by atoms with van der Waals surface area (Å²) in [5.41, 5.74) is 0.205. The van der Waals surface area contributed by atoms with Crippen LogP contribution in [0.15, 0.2) is 42.5 Å². The van der Waals surface area contributed by atoms with Gasteiger partial charge in [0.1, 0.15) is 5.75 Å². The van der Waals surface area contributed by atoms with Crippen molar-refractivity contribution in [2.75, 3.05) is 4.90 Å². The van der Waals surface area contributed by atoms with E-state index >= 15 is 0 Å². The zero-order valence-electron chi connectivity index (χ0n) is 12.3. The van der Waals surface area contributed by atoms with Gasteiger partial charge in [0.2, 0.25) is 0 Å². The highest BCUT2D eigenvalue weighted by atomic mass is 19.2. The maximum atomic E-state index is 13.6. The second kappa shape index (κ2) is 4.68. The van der Waals surface area contributed by atoms with Crippen molar-refractivity contribution in [2.45, 2.75) is 25.1 Å². The van der Waals surface area contributed by atoms with Crippen LogP contribution in [0.2, 0.25) is 0 Å². The number of hydrogen-bond acceptors (Lipinski definition) is 2. The summed E-state index contributed by atoms with van der Waals surface area (Å²) < 4.78 is 32.8. The van der Waals surface area contributed by atoms with E-state index in [1.807, 2.05) is 24.3 Å². The molecular weight excluding hydrogens is 302 g/mol. The maximum Gasteiger partial charge on any atom is 0.325 e. The molecule has 4 nitrogen and oxygen atoms in total. The van der Waals surface area contributed by atoms with Crippen LogP contribution in [0.5, 0.6) is 5.75 Å². The van der Waals surface area contributed by atoms with Crippen molar-refractivity contribution in [3.63, 3.8) is 0 Å². The lowest BCUT2D eigenvalue weighted by molar-refractivity contribution is 0.0378. The number of amides is 2. The molecule has 0 aliphatic carbocycles. The Morgan fingerprint density at radius 2 is 2.00 bits per heavy atom. The van der Waals surface area contributed by atoms with E-state index in [1.54, 1.807) is 6.92 Å². The molecule has 1 N–H and O–H groups in total. The molecule has 1 fully saturated rings. The Bertz CT molecular complexity index is 811. The first-order chi connectivity index (χ1) is 11.0. The van der Waals surface area contributed by atoms with E-state index in [0.717, 1.165) is 17.7 Å². The van der Waals surface area contributed by atoms with Gasteiger partial charge in [-0.1, -0.05) is 18.2 Å². The predicted molar refractivity (Wildman–Crippen MR) is 80.2 cm³/mol. The van der Waals surface area contributed by atoms with Gasteiger partial charge in [-0.2, -0.15) is 0 Å². The molecule has 4 rings (SSSR count). The lowest BCUT2D eigenvalue weighted by Gasteiger charge is -2.50. The normalized spacial score (nSPS) is 25.4. The maximum absolute atomic E-state index is 13.6.